The average molecular weight is 250 g/mol. The number of nitrogens with one attached hydrogen (secondary N) is 2. The lowest BCUT2D eigenvalue weighted by Crippen LogP contribution is -2.33. The van der Waals surface area contributed by atoms with Crippen LogP contribution in [-0.4, -0.2) is 18.5 Å². The minimum atomic E-state index is -0.268. The SMILES string of the molecule is O=C(CCNc1cccc(F)c1)NC1CCCC1. The summed E-state index contributed by atoms with van der Waals surface area (Å²) in [5.41, 5.74) is 0.712. The van der Waals surface area contributed by atoms with Gasteiger partial charge in [0.05, 0.1) is 0 Å². The van der Waals surface area contributed by atoms with E-state index in [0.717, 1.165) is 12.8 Å². The van der Waals surface area contributed by atoms with Crippen LogP contribution in [0.15, 0.2) is 24.3 Å². The lowest BCUT2D eigenvalue weighted by atomic mass is 10.2. The molecule has 4 heteroatoms. The van der Waals surface area contributed by atoms with Crippen LogP contribution in [0.1, 0.15) is 32.1 Å². The smallest absolute Gasteiger partial charge is 0.221 e. The van der Waals surface area contributed by atoms with Crippen LogP contribution < -0.4 is 10.6 Å². The van der Waals surface area contributed by atoms with E-state index < -0.39 is 0 Å². The summed E-state index contributed by atoms with van der Waals surface area (Å²) in [6, 6.07) is 6.63. The van der Waals surface area contributed by atoms with Gasteiger partial charge in [-0.05, 0) is 31.0 Å². The fourth-order valence-electron chi connectivity index (χ4n) is 2.29. The van der Waals surface area contributed by atoms with E-state index in [1.54, 1.807) is 12.1 Å². The van der Waals surface area contributed by atoms with Crippen LogP contribution in [0.4, 0.5) is 10.1 Å². The normalized spacial score (nSPS) is 15.6. The highest BCUT2D eigenvalue weighted by molar-refractivity contribution is 5.76. The molecule has 0 atom stereocenters. The molecular formula is C14H19FN2O. The number of benzene rings is 1. The van der Waals surface area contributed by atoms with E-state index in [4.69, 9.17) is 0 Å². The second-order valence-electron chi connectivity index (χ2n) is 4.74. The predicted octanol–water partition coefficient (Wildman–Crippen LogP) is 2.69. The van der Waals surface area contributed by atoms with Gasteiger partial charge in [0.2, 0.25) is 5.91 Å². The van der Waals surface area contributed by atoms with Gasteiger partial charge < -0.3 is 10.6 Å². The zero-order valence-corrected chi connectivity index (χ0v) is 10.4. The minimum Gasteiger partial charge on any atom is -0.384 e. The summed E-state index contributed by atoms with van der Waals surface area (Å²) in [7, 11) is 0. The summed E-state index contributed by atoms with van der Waals surface area (Å²) in [5, 5.41) is 6.06. The van der Waals surface area contributed by atoms with Gasteiger partial charge in [-0.2, -0.15) is 0 Å². The molecule has 0 aliphatic heterocycles. The average Bonchev–Trinajstić information content (AvgIpc) is 2.82. The summed E-state index contributed by atoms with van der Waals surface area (Å²) in [5.74, 6) is -0.193. The topological polar surface area (TPSA) is 41.1 Å². The van der Waals surface area contributed by atoms with Crippen molar-refractivity contribution in [2.24, 2.45) is 0 Å². The number of halogens is 1. The molecule has 0 saturated heterocycles. The highest BCUT2D eigenvalue weighted by Gasteiger charge is 2.16. The van der Waals surface area contributed by atoms with Crippen LogP contribution in [-0.2, 0) is 4.79 Å². The predicted molar refractivity (Wildman–Crippen MR) is 69.9 cm³/mol. The van der Waals surface area contributed by atoms with Gasteiger partial charge >= 0.3 is 0 Å². The Morgan fingerprint density at radius 1 is 1.33 bits per heavy atom. The number of hydrogen-bond donors (Lipinski definition) is 2. The van der Waals surface area contributed by atoms with Gasteiger partial charge in [0.15, 0.2) is 0 Å². The molecule has 0 bridgehead atoms. The highest BCUT2D eigenvalue weighted by Crippen LogP contribution is 2.17. The van der Waals surface area contributed by atoms with Crippen LogP contribution in [0.2, 0.25) is 0 Å². The summed E-state index contributed by atoms with van der Waals surface area (Å²) in [6.45, 7) is 0.530. The van der Waals surface area contributed by atoms with Crippen molar-refractivity contribution in [2.75, 3.05) is 11.9 Å². The van der Waals surface area contributed by atoms with Crippen molar-refractivity contribution in [3.63, 3.8) is 0 Å². The Kier molecular flexibility index (Phi) is 4.56. The molecule has 1 aliphatic rings. The first-order valence-electron chi connectivity index (χ1n) is 6.53. The Hall–Kier alpha value is -1.58. The van der Waals surface area contributed by atoms with Crippen molar-refractivity contribution in [1.82, 2.24) is 5.32 Å². The molecule has 0 unspecified atom stereocenters. The fraction of sp³-hybridized carbons (Fsp3) is 0.500. The third kappa shape index (κ3) is 4.02. The van der Waals surface area contributed by atoms with Gasteiger partial charge in [-0.25, -0.2) is 4.39 Å². The second kappa shape index (κ2) is 6.38. The van der Waals surface area contributed by atoms with Crippen molar-refractivity contribution in [3.8, 4) is 0 Å². The first-order chi connectivity index (χ1) is 8.74. The van der Waals surface area contributed by atoms with Gasteiger partial charge in [0.25, 0.3) is 0 Å². The van der Waals surface area contributed by atoms with Gasteiger partial charge in [-0.1, -0.05) is 18.9 Å². The Morgan fingerprint density at radius 3 is 2.83 bits per heavy atom. The molecule has 1 fully saturated rings. The number of carbonyl (C=O) groups excluding carboxylic acids is 1. The largest absolute Gasteiger partial charge is 0.384 e. The lowest BCUT2D eigenvalue weighted by Gasteiger charge is -2.12. The highest BCUT2D eigenvalue weighted by atomic mass is 19.1. The third-order valence-corrected chi connectivity index (χ3v) is 3.23. The number of carbonyl (C=O) groups is 1. The van der Waals surface area contributed by atoms with E-state index >= 15 is 0 Å². The zero-order valence-electron chi connectivity index (χ0n) is 10.4. The van der Waals surface area contributed by atoms with E-state index in [-0.39, 0.29) is 11.7 Å². The van der Waals surface area contributed by atoms with Crippen LogP contribution in [0.5, 0.6) is 0 Å². The molecule has 1 saturated carbocycles. The maximum absolute atomic E-state index is 12.9. The third-order valence-electron chi connectivity index (χ3n) is 3.23. The molecule has 2 N–H and O–H groups in total. The van der Waals surface area contributed by atoms with Crippen molar-refractivity contribution < 1.29 is 9.18 Å². The summed E-state index contributed by atoms with van der Waals surface area (Å²) in [4.78, 5) is 11.6. The summed E-state index contributed by atoms with van der Waals surface area (Å²) in [6.07, 6.45) is 5.05. The molecule has 0 aromatic heterocycles. The molecule has 18 heavy (non-hydrogen) atoms. The minimum absolute atomic E-state index is 0.0748. The Labute approximate surface area is 107 Å². The maximum atomic E-state index is 12.9. The monoisotopic (exact) mass is 250 g/mol. The molecule has 1 aliphatic carbocycles. The standard InChI is InChI=1S/C14H19FN2O/c15-11-4-3-7-13(10-11)16-9-8-14(18)17-12-5-1-2-6-12/h3-4,7,10,12,16H,1-2,5-6,8-9H2,(H,17,18). The van der Waals surface area contributed by atoms with Gasteiger partial charge in [0.1, 0.15) is 5.82 Å². The molecule has 1 amide bonds. The molecule has 2 rings (SSSR count). The maximum Gasteiger partial charge on any atom is 0.221 e. The Balaban J connectivity index is 1.66. The summed E-state index contributed by atoms with van der Waals surface area (Å²) >= 11 is 0. The van der Waals surface area contributed by atoms with E-state index in [0.29, 0.717) is 24.7 Å². The first kappa shape index (κ1) is 12.9. The second-order valence-corrected chi connectivity index (χ2v) is 4.74. The molecule has 3 nitrogen and oxygen atoms in total. The number of hydrogen-bond acceptors (Lipinski definition) is 2. The summed E-state index contributed by atoms with van der Waals surface area (Å²) < 4.78 is 12.9. The van der Waals surface area contributed by atoms with Crippen LogP contribution in [0, 0.1) is 5.82 Å². The number of rotatable bonds is 5. The van der Waals surface area contributed by atoms with Crippen LogP contribution in [0.3, 0.4) is 0 Å². The van der Waals surface area contributed by atoms with Crippen molar-refractivity contribution in [3.05, 3.63) is 30.1 Å². The molecule has 0 heterocycles. The molecule has 1 aromatic carbocycles. The van der Waals surface area contributed by atoms with E-state index in [1.165, 1.54) is 25.0 Å². The van der Waals surface area contributed by atoms with E-state index in [9.17, 15) is 9.18 Å². The van der Waals surface area contributed by atoms with Crippen LogP contribution in [0.25, 0.3) is 0 Å². The number of anilines is 1. The fourth-order valence-corrected chi connectivity index (χ4v) is 2.29. The quantitative estimate of drug-likeness (QED) is 0.843. The molecule has 98 valence electrons. The zero-order chi connectivity index (χ0) is 12.8. The Morgan fingerprint density at radius 2 is 2.11 bits per heavy atom. The van der Waals surface area contributed by atoms with E-state index in [1.807, 2.05) is 0 Å². The van der Waals surface area contributed by atoms with Gasteiger partial charge in [-0.3, -0.25) is 4.79 Å². The van der Waals surface area contributed by atoms with Crippen molar-refractivity contribution in [1.29, 1.82) is 0 Å². The van der Waals surface area contributed by atoms with E-state index in [2.05, 4.69) is 10.6 Å². The van der Waals surface area contributed by atoms with Gasteiger partial charge in [0, 0.05) is 24.7 Å². The van der Waals surface area contributed by atoms with Crippen molar-refractivity contribution in [2.45, 2.75) is 38.1 Å². The Bertz CT molecular complexity index is 403. The van der Waals surface area contributed by atoms with Crippen molar-refractivity contribution >= 4 is 11.6 Å². The van der Waals surface area contributed by atoms with Gasteiger partial charge in [-0.15, -0.1) is 0 Å². The molecular weight excluding hydrogens is 231 g/mol. The first-order valence-corrected chi connectivity index (χ1v) is 6.53. The van der Waals surface area contributed by atoms with Crippen LogP contribution >= 0.6 is 0 Å². The number of amides is 1. The molecule has 1 aromatic rings. The lowest BCUT2D eigenvalue weighted by molar-refractivity contribution is -0.121. The molecule has 0 radical (unpaired) electrons. The molecule has 0 spiro atoms.